The van der Waals surface area contributed by atoms with Gasteiger partial charge in [-0.1, -0.05) is 40.5 Å². The van der Waals surface area contributed by atoms with Crippen LogP contribution in [0.1, 0.15) is 53.9 Å². The number of halogens is 1. The maximum absolute atomic E-state index is 6.02. The van der Waals surface area contributed by atoms with Gasteiger partial charge in [0.2, 0.25) is 0 Å². The van der Waals surface area contributed by atoms with Crippen LogP contribution >= 0.6 is 11.6 Å². The molecule has 1 heteroatoms. The van der Waals surface area contributed by atoms with Crippen molar-refractivity contribution >= 4 is 11.6 Å². The second-order valence-electron chi connectivity index (χ2n) is 4.49. The summed E-state index contributed by atoms with van der Waals surface area (Å²) in [6.45, 7) is 11.3. The molecule has 74 valence electrons. The van der Waals surface area contributed by atoms with E-state index in [0.717, 1.165) is 12.3 Å². The van der Waals surface area contributed by atoms with Gasteiger partial charge in [0, 0.05) is 5.38 Å². The number of rotatable bonds is 5. The van der Waals surface area contributed by atoms with E-state index in [0.29, 0.717) is 10.8 Å². The summed E-state index contributed by atoms with van der Waals surface area (Å²) in [6, 6.07) is 0. The minimum absolute atomic E-state index is 0.306. The van der Waals surface area contributed by atoms with Crippen molar-refractivity contribution in [1.82, 2.24) is 0 Å². The molecule has 1 unspecified atom stereocenters. The van der Waals surface area contributed by atoms with Gasteiger partial charge in [-0.3, -0.25) is 0 Å². The molecule has 0 saturated carbocycles. The minimum Gasteiger partial charge on any atom is -0.123 e. The van der Waals surface area contributed by atoms with Crippen molar-refractivity contribution < 1.29 is 0 Å². The van der Waals surface area contributed by atoms with Crippen LogP contribution in [-0.2, 0) is 0 Å². The monoisotopic (exact) mass is 190 g/mol. The van der Waals surface area contributed by atoms with Crippen molar-refractivity contribution in [2.45, 2.75) is 59.3 Å². The summed E-state index contributed by atoms with van der Waals surface area (Å²) in [5, 5.41) is 0.306. The third kappa shape index (κ3) is 3.80. The number of hydrogen-bond acceptors (Lipinski definition) is 0. The number of hydrogen-bond donors (Lipinski definition) is 0. The van der Waals surface area contributed by atoms with Crippen molar-refractivity contribution in [1.29, 1.82) is 0 Å². The van der Waals surface area contributed by atoms with Gasteiger partial charge in [0.05, 0.1) is 0 Å². The lowest BCUT2D eigenvalue weighted by atomic mass is 9.73. The molecule has 0 aliphatic carbocycles. The zero-order valence-electron chi connectivity index (χ0n) is 9.15. The topological polar surface area (TPSA) is 0 Å². The summed E-state index contributed by atoms with van der Waals surface area (Å²) in [4.78, 5) is 0. The van der Waals surface area contributed by atoms with Gasteiger partial charge in [-0.05, 0) is 24.7 Å². The van der Waals surface area contributed by atoms with Crippen molar-refractivity contribution in [2.24, 2.45) is 11.3 Å². The Kier molecular flexibility index (Phi) is 5.24. The molecule has 0 aromatic rings. The van der Waals surface area contributed by atoms with Crippen LogP contribution in [0.5, 0.6) is 0 Å². The molecule has 0 fully saturated rings. The van der Waals surface area contributed by atoms with Gasteiger partial charge < -0.3 is 0 Å². The maximum atomic E-state index is 6.02. The van der Waals surface area contributed by atoms with Crippen LogP contribution in [0.4, 0.5) is 0 Å². The van der Waals surface area contributed by atoms with Gasteiger partial charge >= 0.3 is 0 Å². The van der Waals surface area contributed by atoms with Gasteiger partial charge in [0.25, 0.3) is 0 Å². The van der Waals surface area contributed by atoms with E-state index in [2.05, 4.69) is 34.6 Å². The second-order valence-corrected chi connectivity index (χ2v) is 5.23. The molecular formula is C11H23Cl. The zero-order valence-corrected chi connectivity index (χ0v) is 9.91. The molecule has 0 aliphatic heterocycles. The molecule has 0 saturated heterocycles. The largest absolute Gasteiger partial charge is 0.123 e. The van der Waals surface area contributed by atoms with E-state index < -0.39 is 0 Å². The SMILES string of the molecule is CCC(CC)C(C)(C)CC(C)Cl. The molecule has 0 nitrogen and oxygen atoms in total. The van der Waals surface area contributed by atoms with E-state index in [9.17, 15) is 0 Å². The van der Waals surface area contributed by atoms with Gasteiger partial charge in [-0.15, -0.1) is 11.6 Å². The fourth-order valence-electron chi connectivity index (χ4n) is 2.29. The van der Waals surface area contributed by atoms with Crippen molar-refractivity contribution in [3.05, 3.63) is 0 Å². The Morgan fingerprint density at radius 2 is 1.58 bits per heavy atom. The average Bonchev–Trinajstić information content (AvgIpc) is 1.85. The molecule has 0 N–H and O–H groups in total. The molecule has 0 amide bonds. The molecule has 1 atom stereocenters. The fraction of sp³-hybridized carbons (Fsp3) is 1.00. The quantitative estimate of drug-likeness (QED) is 0.562. The third-order valence-corrected chi connectivity index (χ3v) is 3.05. The summed E-state index contributed by atoms with van der Waals surface area (Å²) < 4.78 is 0. The van der Waals surface area contributed by atoms with Gasteiger partial charge in [0.1, 0.15) is 0 Å². The van der Waals surface area contributed by atoms with E-state index in [1.807, 2.05) is 0 Å². The molecule has 12 heavy (non-hydrogen) atoms. The maximum Gasteiger partial charge on any atom is 0.0313 e. The van der Waals surface area contributed by atoms with E-state index >= 15 is 0 Å². The summed E-state index contributed by atoms with van der Waals surface area (Å²) in [5.74, 6) is 0.818. The summed E-state index contributed by atoms with van der Waals surface area (Å²) in [5.41, 5.74) is 0.407. The highest BCUT2D eigenvalue weighted by atomic mass is 35.5. The Morgan fingerprint density at radius 3 is 1.83 bits per heavy atom. The standard InChI is InChI=1S/C11H23Cl/c1-6-10(7-2)11(4,5)8-9(3)12/h9-10H,6-8H2,1-5H3. The first kappa shape index (κ1) is 12.3. The first-order valence-corrected chi connectivity index (χ1v) is 5.51. The Morgan fingerprint density at radius 1 is 1.17 bits per heavy atom. The second kappa shape index (κ2) is 5.11. The normalized spacial score (nSPS) is 15.2. The van der Waals surface area contributed by atoms with E-state index in [-0.39, 0.29) is 0 Å². The first-order chi connectivity index (χ1) is 5.44. The molecular weight excluding hydrogens is 168 g/mol. The molecule has 0 spiro atoms. The van der Waals surface area contributed by atoms with Crippen LogP contribution in [0.15, 0.2) is 0 Å². The molecule has 0 heterocycles. The Labute approximate surface area is 82.7 Å². The van der Waals surface area contributed by atoms with E-state index in [4.69, 9.17) is 11.6 Å². The van der Waals surface area contributed by atoms with Gasteiger partial charge in [0.15, 0.2) is 0 Å². The van der Waals surface area contributed by atoms with Crippen molar-refractivity contribution in [3.8, 4) is 0 Å². The Bertz CT molecular complexity index is 112. The average molecular weight is 191 g/mol. The molecule has 0 bridgehead atoms. The van der Waals surface area contributed by atoms with Crippen molar-refractivity contribution in [3.63, 3.8) is 0 Å². The molecule has 0 aromatic carbocycles. The summed E-state index contributed by atoms with van der Waals surface area (Å²) >= 11 is 6.02. The molecule has 0 aromatic heterocycles. The van der Waals surface area contributed by atoms with Crippen LogP contribution in [0.3, 0.4) is 0 Å². The highest BCUT2D eigenvalue weighted by molar-refractivity contribution is 6.20. The Balaban J connectivity index is 4.14. The van der Waals surface area contributed by atoms with Crippen LogP contribution < -0.4 is 0 Å². The lowest BCUT2D eigenvalue weighted by molar-refractivity contribution is 0.183. The van der Waals surface area contributed by atoms with Gasteiger partial charge in [-0.25, -0.2) is 0 Å². The van der Waals surface area contributed by atoms with Crippen LogP contribution in [0, 0.1) is 11.3 Å². The van der Waals surface area contributed by atoms with E-state index in [1.165, 1.54) is 12.8 Å². The fourth-order valence-corrected chi connectivity index (χ4v) is 2.68. The smallest absolute Gasteiger partial charge is 0.0313 e. The molecule has 0 aliphatic rings. The summed E-state index contributed by atoms with van der Waals surface area (Å²) in [6.07, 6.45) is 3.67. The zero-order chi connectivity index (χ0) is 9.78. The van der Waals surface area contributed by atoms with E-state index in [1.54, 1.807) is 0 Å². The van der Waals surface area contributed by atoms with Crippen LogP contribution in [0.2, 0.25) is 0 Å². The summed E-state index contributed by atoms with van der Waals surface area (Å²) in [7, 11) is 0. The third-order valence-electron chi connectivity index (χ3n) is 2.90. The predicted octanol–water partition coefficient (Wildman–Crippen LogP) is 4.47. The Hall–Kier alpha value is 0.290. The van der Waals surface area contributed by atoms with Crippen molar-refractivity contribution in [2.75, 3.05) is 0 Å². The lowest BCUT2D eigenvalue weighted by Crippen LogP contribution is -2.25. The number of alkyl halides is 1. The first-order valence-electron chi connectivity index (χ1n) is 5.08. The van der Waals surface area contributed by atoms with Crippen LogP contribution in [-0.4, -0.2) is 5.38 Å². The lowest BCUT2D eigenvalue weighted by Gasteiger charge is -2.34. The molecule has 0 rings (SSSR count). The van der Waals surface area contributed by atoms with Crippen LogP contribution in [0.25, 0.3) is 0 Å². The molecule has 0 radical (unpaired) electrons. The highest BCUT2D eigenvalue weighted by Gasteiger charge is 2.27. The van der Waals surface area contributed by atoms with Gasteiger partial charge in [-0.2, -0.15) is 0 Å². The minimum atomic E-state index is 0.306. The highest BCUT2D eigenvalue weighted by Crippen LogP contribution is 2.37. The predicted molar refractivity (Wildman–Crippen MR) is 57.8 cm³/mol.